The SMILES string of the molecule is Cc1ccc(OCc2cncc(F)c2)c([C@@H](C)N)c1. The molecular weight excluding hydrogens is 243 g/mol. The summed E-state index contributed by atoms with van der Waals surface area (Å²) in [7, 11) is 0. The van der Waals surface area contributed by atoms with Crippen LogP contribution in [0.25, 0.3) is 0 Å². The van der Waals surface area contributed by atoms with E-state index in [9.17, 15) is 4.39 Å². The van der Waals surface area contributed by atoms with Crippen molar-refractivity contribution in [1.82, 2.24) is 4.98 Å². The zero-order chi connectivity index (χ0) is 13.8. The highest BCUT2D eigenvalue weighted by Gasteiger charge is 2.09. The summed E-state index contributed by atoms with van der Waals surface area (Å²) in [5.74, 6) is 0.363. The number of aryl methyl sites for hydroxylation is 1. The summed E-state index contributed by atoms with van der Waals surface area (Å²) >= 11 is 0. The van der Waals surface area contributed by atoms with Crippen LogP contribution >= 0.6 is 0 Å². The molecule has 1 aromatic carbocycles. The zero-order valence-corrected chi connectivity index (χ0v) is 11.1. The molecule has 2 rings (SSSR count). The Morgan fingerprint density at radius 2 is 2.11 bits per heavy atom. The van der Waals surface area contributed by atoms with E-state index in [2.05, 4.69) is 4.98 Å². The smallest absolute Gasteiger partial charge is 0.141 e. The van der Waals surface area contributed by atoms with Crippen molar-refractivity contribution in [2.75, 3.05) is 0 Å². The Morgan fingerprint density at radius 3 is 2.79 bits per heavy atom. The minimum atomic E-state index is -0.363. The topological polar surface area (TPSA) is 48.1 Å². The fraction of sp³-hybridized carbons (Fsp3) is 0.267. The standard InChI is InChI=1S/C15H17FN2O/c1-10-3-4-15(14(5-10)11(2)17)19-9-12-6-13(16)8-18-7-12/h3-8,11H,9,17H2,1-2H3/t11-/m1/s1. The molecule has 0 unspecified atom stereocenters. The molecule has 0 amide bonds. The molecule has 0 fully saturated rings. The van der Waals surface area contributed by atoms with Crippen LogP contribution in [0.1, 0.15) is 29.7 Å². The molecule has 0 spiro atoms. The summed E-state index contributed by atoms with van der Waals surface area (Å²) in [6.45, 7) is 4.19. The third-order valence-electron chi connectivity index (χ3n) is 2.81. The van der Waals surface area contributed by atoms with E-state index < -0.39 is 0 Å². The van der Waals surface area contributed by atoms with Gasteiger partial charge >= 0.3 is 0 Å². The first-order chi connectivity index (χ1) is 9.06. The van der Waals surface area contributed by atoms with E-state index in [1.807, 2.05) is 32.0 Å². The average molecular weight is 260 g/mol. The molecule has 0 saturated carbocycles. The molecule has 0 radical (unpaired) electrons. The predicted molar refractivity (Wildman–Crippen MR) is 72.3 cm³/mol. The van der Waals surface area contributed by atoms with E-state index in [1.165, 1.54) is 12.3 Å². The first-order valence-electron chi connectivity index (χ1n) is 6.14. The number of nitrogens with zero attached hydrogens (tertiary/aromatic N) is 1. The molecule has 19 heavy (non-hydrogen) atoms. The Bertz CT molecular complexity index is 570. The summed E-state index contributed by atoms with van der Waals surface area (Å²) in [4.78, 5) is 3.79. The second-order valence-corrected chi connectivity index (χ2v) is 4.63. The predicted octanol–water partition coefficient (Wildman–Crippen LogP) is 3.13. The van der Waals surface area contributed by atoms with Crippen LogP contribution in [0.3, 0.4) is 0 Å². The molecule has 0 aliphatic heterocycles. The molecule has 1 heterocycles. The van der Waals surface area contributed by atoms with Crippen LogP contribution in [0.5, 0.6) is 5.75 Å². The van der Waals surface area contributed by atoms with Gasteiger partial charge in [0.2, 0.25) is 0 Å². The summed E-state index contributed by atoms with van der Waals surface area (Å²) in [6.07, 6.45) is 2.76. The van der Waals surface area contributed by atoms with Gasteiger partial charge in [-0.3, -0.25) is 4.98 Å². The molecule has 2 N–H and O–H groups in total. The minimum Gasteiger partial charge on any atom is -0.489 e. The number of halogens is 1. The van der Waals surface area contributed by atoms with Crippen molar-refractivity contribution >= 4 is 0 Å². The maximum Gasteiger partial charge on any atom is 0.141 e. The van der Waals surface area contributed by atoms with Gasteiger partial charge in [0, 0.05) is 23.4 Å². The Labute approximate surface area is 112 Å². The number of hydrogen-bond donors (Lipinski definition) is 1. The molecule has 2 aromatic rings. The van der Waals surface area contributed by atoms with Crippen molar-refractivity contribution in [2.24, 2.45) is 5.73 Å². The van der Waals surface area contributed by atoms with Crippen LogP contribution < -0.4 is 10.5 Å². The molecule has 3 nitrogen and oxygen atoms in total. The van der Waals surface area contributed by atoms with Gasteiger partial charge in [-0.25, -0.2) is 4.39 Å². The zero-order valence-electron chi connectivity index (χ0n) is 11.1. The average Bonchev–Trinajstić information content (AvgIpc) is 2.37. The Kier molecular flexibility index (Phi) is 4.12. The Balaban J connectivity index is 2.15. The van der Waals surface area contributed by atoms with Crippen molar-refractivity contribution < 1.29 is 9.13 Å². The van der Waals surface area contributed by atoms with E-state index in [0.29, 0.717) is 5.56 Å². The fourth-order valence-corrected chi connectivity index (χ4v) is 1.85. The molecule has 1 atom stereocenters. The largest absolute Gasteiger partial charge is 0.489 e. The van der Waals surface area contributed by atoms with Gasteiger partial charge in [0.15, 0.2) is 0 Å². The van der Waals surface area contributed by atoms with E-state index in [4.69, 9.17) is 10.5 Å². The third kappa shape index (κ3) is 3.51. The summed E-state index contributed by atoms with van der Waals surface area (Å²) < 4.78 is 18.7. The van der Waals surface area contributed by atoms with E-state index in [-0.39, 0.29) is 18.5 Å². The van der Waals surface area contributed by atoms with E-state index in [1.54, 1.807) is 6.20 Å². The van der Waals surface area contributed by atoms with Crippen LogP contribution in [0.15, 0.2) is 36.7 Å². The first-order valence-corrected chi connectivity index (χ1v) is 6.14. The highest BCUT2D eigenvalue weighted by Crippen LogP contribution is 2.25. The number of benzene rings is 1. The number of aromatic nitrogens is 1. The highest BCUT2D eigenvalue weighted by atomic mass is 19.1. The van der Waals surface area contributed by atoms with Crippen molar-refractivity contribution in [1.29, 1.82) is 0 Å². The van der Waals surface area contributed by atoms with Crippen LogP contribution in [-0.4, -0.2) is 4.98 Å². The first kappa shape index (κ1) is 13.5. The van der Waals surface area contributed by atoms with Gasteiger partial charge in [-0.1, -0.05) is 17.7 Å². The molecule has 4 heteroatoms. The van der Waals surface area contributed by atoms with Crippen LogP contribution in [-0.2, 0) is 6.61 Å². The summed E-state index contributed by atoms with van der Waals surface area (Å²) in [5.41, 5.74) is 8.70. The molecule has 0 aliphatic rings. The Morgan fingerprint density at radius 1 is 1.32 bits per heavy atom. The number of pyridine rings is 1. The number of hydrogen-bond acceptors (Lipinski definition) is 3. The van der Waals surface area contributed by atoms with Gasteiger partial charge in [0.1, 0.15) is 18.2 Å². The maximum absolute atomic E-state index is 13.0. The lowest BCUT2D eigenvalue weighted by molar-refractivity contribution is 0.300. The fourth-order valence-electron chi connectivity index (χ4n) is 1.85. The monoisotopic (exact) mass is 260 g/mol. The summed E-state index contributed by atoms with van der Waals surface area (Å²) in [5, 5.41) is 0. The van der Waals surface area contributed by atoms with Crippen molar-refractivity contribution in [2.45, 2.75) is 26.5 Å². The number of nitrogens with two attached hydrogens (primary N) is 1. The normalized spacial score (nSPS) is 12.2. The maximum atomic E-state index is 13.0. The quantitative estimate of drug-likeness (QED) is 0.918. The molecule has 0 aliphatic carbocycles. The lowest BCUT2D eigenvalue weighted by atomic mass is 10.1. The molecule has 100 valence electrons. The second kappa shape index (κ2) is 5.80. The van der Waals surface area contributed by atoms with Crippen molar-refractivity contribution in [3.8, 4) is 5.75 Å². The molecular formula is C15H17FN2O. The van der Waals surface area contributed by atoms with Gasteiger partial charge in [0.25, 0.3) is 0 Å². The van der Waals surface area contributed by atoms with Crippen molar-refractivity contribution in [3.05, 3.63) is 59.2 Å². The molecule has 0 saturated heterocycles. The highest BCUT2D eigenvalue weighted by molar-refractivity contribution is 5.38. The Hall–Kier alpha value is -1.94. The van der Waals surface area contributed by atoms with E-state index >= 15 is 0 Å². The number of rotatable bonds is 4. The van der Waals surface area contributed by atoms with Gasteiger partial charge in [-0.05, 0) is 26.0 Å². The second-order valence-electron chi connectivity index (χ2n) is 4.63. The van der Waals surface area contributed by atoms with Crippen LogP contribution in [0, 0.1) is 12.7 Å². The van der Waals surface area contributed by atoms with Crippen LogP contribution in [0.2, 0.25) is 0 Å². The lowest BCUT2D eigenvalue weighted by Crippen LogP contribution is -2.08. The van der Waals surface area contributed by atoms with Gasteiger partial charge in [-0.15, -0.1) is 0 Å². The lowest BCUT2D eigenvalue weighted by Gasteiger charge is -2.14. The van der Waals surface area contributed by atoms with Gasteiger partial charge < -0.3 is 10.5 Å². The number of ether oxygens (including phenoxy) is 1. The third-order valence-corrected chi connectivity index (χ3v) is 2.81. The summed E-state index contributed by atoms with van der Waals surface area (Å²) in [6, 6.07) is 7.16. The van der Waals surface area contributed by atoms with Gasteiger partial charge in [0.05, 0.1) is 6.20 Å². The van der Waals surface area contributed by atoms with E-state index in [0.717, 1.165) is 16.9 Å². The van der Waals surface area contributed by atoms with Crippen LogP contribution in [0.4, 0.5) is 4.39 Å². The minimum absolute atomic E-state index is 0.111. The molecule has 1 aromatic heterocycles. The van der Waals surface area contributed by atoms with Gasteiger partial charge in [-0.2, -0.15) is 0 Å². The van der Waals surface area contributed by atoms with Crippen molar-refractivity contribution in [3.63, 3.8) is 0 Å². The molecule has 0 bridgehead atoms.